The van der Waals surface area contributed by atoms with E-state index >= 15 is 0 Å². The van der Waals surface area contributed by atoms with Gasteiger partial charge < -0.3 is 11.1 Å². The van der Waals surface area contributed by atoms with Gasteiger partial charge in [-0.1, -0.05) is 42.5 Å². The molecule has 0 amide bonds. The van der Waals surface area contributed by atoms with Crippen molar-refractivity contribution in [2.45, 2.75) is 12.8 Å². The van der Waals surface area contributed by atoms with E-state index in [1.165, 1.54) is 11.1 Å². The summed E-state index contributed by atoms with van der Waals surface area (Å²) in [6.07, 6.45) is 0. The van der Waals surface area contributed by atoms with Gasteiger partial charge in [-0.25, -0.2) is 0 Å². The van der Waals surface area contributed by atoms with Gasteiger partial charge in [0.25, 0.3) is 0 Å². The maximum absolute atomic E-state index is 5.92. The number of anilines is 1. The molecule has 0 bridgehead atoms. The zero-order chi connectivity index (χ0) is 12.8. The van der Waals surface area contributed by atoms with Gasteiger partial charge in [0.2, 0.25) is 0 Å². The summed E-state index contributed by atoms with van der Waals surface area (Å²) in [6.45, 7) is 3.67. The molecular formula is C16H20N2. The number of nitrogens with two attached hydrogens (primary N) is 1. The summed E-state index contributed by atoms with van der Waals surface area (Å²) < 4.78 is 0. The van der Waals surface area contributed by atoms with E-state index in [1.54, 1.807) is 0 Å². The maximum Gasteiger partial charge on any atom is 0.0340 e. The summed E-state index contributed by atoms with van der Waals surface area (Å²) in [5.74, 6) is 0.280. The molecule has 0 saturated heterocycles. The standard InChI is InChI=1S/C16H20N2/c1-2-18-15-10-8-14(9-11-15)16(12-17)13-6-4-3-5-7-13/h3-11,16,18H,2,12,17H2,1H3. The molecule has 18 heavy (non-hydrogen) atoms. The molecule has 0 heterocycles. The Morgan fingerprint density at radius 1 is 0.944 bits per heavy atom. The first-order valence-corrected chi connectivity index (χ1v) is 6.44. The monoisotopic (exact) mass is 240 g/mol. The first-order chi connectivity index (χ1) is 8.85. The van der Waals surface area contributed by atoms with Crippen molar-refractivity contribution >= 4 is 5.69 Å². The Morgan fingerprint density at radius 2 is 1.56 bits per heavy atom. The first-order valence-electron chi connectivity index (χ1n) is 6.44. The maximum atomic E-state index is 5.92. The Morgan fingerprint density at radius 3 is 2.11 bits per heavy atom. The summed E-state index contributed by atoms with van der Waals surface area (Å²) in [5.41, 5.74) is 9.62. The highest BCUT2D eigenvalue weighted by Crippen LogP contribution is 2.24. The number of hydrogen-bond acceptors (Lipinski definition) is 2. The Kier molecular flexibility index (Phi) is 4.37. The lowest BCUT2D eigenvalue weighted by Gasteiger charge is -2.16. The fourth-order valence-electron chi connectivity index (χ4n) is 2.19. The van der Waals surface area contributed by atoms with Crippen LogP contribution >= 0.6 is 0 Å². The van der Waals surface area contributed by atoms with Crippen LogP contribution in [-0.2, 0) is 0 Å². The minimum absolute atomic E-state index is 0.280. The second-order valence-corrected chi connectivity index (χ2v) is 4.35. The van der Waals surface area contributed by atoms with Crippen LogP contribution in [0.3, 0.4) is 0 Å². The SMILES string of the molecule is CCNc1ccc(C(CN)c2ccccc2)cc1. The summed E-state index contributed by atoms with van der Waals surface area (Å²) in [6, 6.07) is 19.0. The molecule has 0 aliphatic heterocycles. The fourth-order valence-corrected chi connectivity index (χ4v) is 2.19. The number of hydrogen-bond donors (Lipinski definition) is 2. The lowest BCUT2D eigenvalue weighted by molar-refractivity contribution is 0.819. The number of nitrogens with one attached hydrogen (secondary N) is 1. The normalized spacial score (nSPS) is 12.1. The van der Waals surface area contributed by atoms with Crippen LogP contribution < -0.4 is 11.1 Å². The number of rotatable bonds is 5. The topological polar surface area (TPSA) is 38.0 Å². The third-order valence-electron chi connectivity index (χ3n) is 3.13. The van der Waals surface area contributed by atoms with Crippen LogP contribution in [0, 0.1) is 0 Å². The third-order valence-corrected chi connectivity index (χ3v) is 3.13. The fraction of sp³-hybridized carbons (Fsp3) is 0.250. The lowest BCUT2D eigenvalue weighted by atomic mass is 9.91. The minimum atomic E-state index is 0.280. The molecule has 3 N–H and O–H groups in total. The van der Waals surface area contributed by atoms with Crippen LogP contribution in [-0.4, -0.2) is 13.1 Å². The molecule has 0 aromatic heterocycles. The van der Waals surface area contributed by atoms with Gasteiger partial charge in [0.15, 0.2) is 0 Å². The van der Waals surface area contributed by atoms with Crippen molar-refractivity contribution in [3.8, 4) is 0 Å². The quantitative estimate of drug-likeness (QED) is 0.842. The average Bonchev–Trinajstić information content (AvgIpc) is 2.43. The van der Waals surface area contributed by atoms with Gasteiger partial charge in [-0.05, 0) is 30.2 Å². The second-order valence-electron chi connectivity index (χ2n) is 4.35. The molecule has 0 radical (unpaired) electrons. The summed E-state index contributed by atoms with van der Waals surface area (Å²) in [5, 5.41) is 3.30. The molecule has 2 heteroatoms. The molecule has 1 unspecified atom stereocenters. The highest BCUT2D eigenvalue weighted by atomic mass is 14.8. The zero-order valence-electron chi connectivity index (χ0n) is 10.8. The third kappa shape index (κ3) is 2.90. The number of benzene rings is 2. The van der Waals surface area contributed by atoms with Gasteiger partial charge in [0.05, 0.1) is 0 Å². The van der Waals surface area contributed by atoms with Crippen molar-refractivity contribution in [3.63, 3.8) is 0 Å². The van der Waals surface area contributed by atoms with Gasteiger partial charge in [-0.3, -0.25) is 0 Å². The predicted octanol–water partition coefficient (Wildman–Crippen LogP) is 3.21. The highest BCUT2D eigenvalue weighted by molar-refractivity contribution is 5.46. The lowest BCUT2D eigenvalue weighted by Crippen LogP contribution is -2.13. The Hall–Kier alpha value is -1.80. The van der Waals surface area contributed by atoms with Crippen molar-refractivity contribution in [1.29, 1.82) is 0 Å². The molecular weight excluding hydrogens is 220 g/mol. The van der Waals surface area contributed by atoms with Crippen molar-refractivity contribution in [2.24, 2.45) is 5.73 Å². The van der Waals surface area contributed by atoms with Crippen LogP contribution in [0.4, 0.5) is 5.69 Å². The molecule has 0 fully saturated rings. The highest BCUT2D eigenvalue weighted by Gasteiger charge is 2.11. The Bertz CT molecular complexity index is 462. The molecule has 1 atom stereocenters. The molecule has 0 aliphatic carbocycles. The second kappa shape index (κ2) is 6.22. The van der Waals surface area contributed by atoms with E-state index < -0.39 is 0 Å². The average molecular weight is 240 g/mol. The Balaban J connectivity index is 2.23. The van der Waals surface area contributed by atoms with Gasteiger partial charge in [-0.15, -0.1) is 0 Å². The van der Waals surface area contributed by atoms with E-state index in [2.05, 4.69) is 60.8 Å². The van der Waals surface area contributed by atoms with E-state index in [0.29, 0.717) is 6.54 Å². The first kappa shape index (κ1) is 12.7. The molecule has 2 aromatic rings. The molecule has 0 saturated carbocycles. The zero-order valence-corrected chi connectivity index (χ0v) is 10.8. The summed E-state index contributed by atoms with van der Waals surface area (Å²) >= 11 is 0. The van der Waals surface area contributed by atoms with E-state index in [0.717, 1.165) is 12.2 Å². The van der Waals surface area contributed by atoms with Crippen LogP contribution in [0.2, 0.25) is 0 Å². The molecule has 0 aliphatic rings. The Labute approximate surface area is 109 Å². The summed E-state index contributed by atoms with van der Waals surface area (Å²) in [7, 11) is 0. The predicted molar refractivity (Wildman–Crippen MR) is 77.9 cm³/mol. The van der Waals surface area contributed by atoms with Crippen LogP contribution in [0.1, 0.15) is 24.0 Å². The molecule has 2 aromatic carbocycles. The van der Waals surface area contributed by atoms with Gasteiger partial charge >= 0.3 is 0 Å². The van der Waals surface area contributed by atoms with E-state index in [4.69, 9.17) is 5.73 Å². The van der Waals surface area contributed by atoms with Crippen LogP contribution in [0.5, 0.6) is 0 Å². The van der Waals surface area contributed by atoms with E-state index in [1.807, 2.05) is 6.07 Å². The van der Waals surface area contributed by atoms with E-state index in [-0.39, 0.29) is 5.92 Å². The molecule has 2 rings (SSSR count). The van der Waals surface area contributed by atoms with E-state index in [9.17, 15) is 0 Å². The molecule has 2 nitrogen and oxygen atoms in total. The largest absolute Gasteiger partial charge is 0.385 e. The van der Waals surface area contributed by atoms with Crippen molar-refractivity contribution in [1.82, 2.24) is 0 Å². The van der Waals surface area contributed by atoms with Crippen molar-refractivity contribution in [2.75, 3.05) is 18.4 Å². The van der Waals surface area contributed by atoms with Gasteiger partial charge in [-0.2, -0.15) is 0 Å². The van der Waals surface area contributed by atoms with Crippen molar-refractivity contribution in [3.05, 3.63) is 65.7 Å². The molecule has 0 spiro atoms. The van der Waals surface area contributed by atoms with Crippen LogP contribution in [0.15, 0.2) is 54.6 Å². The smallest absolute Gasteiger partial charge is 0.0340 e. The van der Waals surface area contributed by atoms with Gasteiger partial charge in [0, 0.05) is 24.7 Å². The van der Waals surface area contributed by atoms with Crippen LogP contribution in [0.25, 0.3) is 0 Å². The van der Waals surface area contributed by atoms with Gasteiger partial charge in [0.1, 0.15) is 0 Å². The molecule has 94 valence electrons. The van der Waals surface area contributed by atoms with Crippen molar-refractivity contribution < 1.29 is 0 Å². The summed E-state index contributed by atoms with van der Waals surface area (Å²) in [4.78, 5) is 0. The minimum Gasteiger partial charge on any atom is -0.385 e.